The van der Waals surface area contributed by atoms with Crippen LogP contribution in [0.1, 0.15) is 28.7 Å². The highest BCUT2D eigenvalue weighted by atomic mass is 32.2. The van der Waals surface area contributed by atoms with Gasteiger partial charge in [0.15, 0.2) is 0 Å². The topological polar surface area (TPSA) is 80.9 Å². The highest BCUT2D eigenvalue weighted by Crippen LogP contribution is 2.23. The largest absolute Gasteiger partial charge is 0.374 e. The number of benzene rings is 1. The van der Waals surface area contributed by atoms with E-state index in [1.54, 1.807) is 11.8 Å². The minimum absolute atomic E-state index is 0.0494. The fourth-order valence-electron chi connectivity index (χ4n) is 1.74. The molecule has 0 atom stereocenters. The Kier molecular flexibility index (Phi) is 6.01. The lowest BCUT2D eigenvalue weighted by Gasteiger charge is -2.09. The van der Waals surface area contributed by atoms with Crippen molar-refractivity contribution in [3.05, 3.63) is 34.8 Å². The van der Waals surface area contributed by atoms with Crippen molar-refractivity contribution in [2.45, 2.75) is 24.7 Å². The van der Waals surface area contributed by atoms with E-state index in [1.165, 1.54) is 11.3 Å². The maximum Gasteiger partial charge on any atom is 0.252 e. The van der Waals surface area contributed by atoms with Gasteiger partial charge in [-0.2, -0.15) is 0 Å². The second kappa shape index (κ2) is 7.99. The normalized spacial score (nSPS) is 10.5. The van der Waals surface area contributed by atoms with E-state index >= 15 is 0 Å². The van der Waals surface area contributed by atoms with Crippen LogP contribution in [0.4, 0.5) is 5.13 Å². The number of nitrogens with two attached hydrogens (primary N) is 1. The van der Waals surface area contributed by atoms with Gasteiger partial charge in [0.05, 0.1) is 5.56 Å². The number of thioether (sulfide) groups is 1. The number of amides is 1. The molecule has 0 fully saturated rings. The summed E-state index contributed by atoms with van der Waals surface area (Å²) in [7, 11) is 0. The third-order valence-corrected chi connectivity index (χ3v) is 4.79. The van der Waals surface area contributed by atoms with E-state index in [0.29, 0.717) is 18.1 Å². The molecule has 1 aromatic carbocycles. The lowest BCUT2D eigenvalue weighted by molar-refractivity contribution is 0.0951. The average molecular weight is 322 g/mol. The van der Waals surface area contributed by atoms with E-state index in [2.05, 4.69) is 22.4 Å². The molecule has 1 amide bonds. The first kappa shape index (κ1) is 15.8. The number of nitrogen functional groups attached to an aromatic ring is 1. The van der Waals surface area contributed by atoms with Crippen LogP contribution in [0, 0.1) is 0 Å². The van der Waals surface area contributed by atoms with Crippen LogP contribution in [0.5, 0.6) is 0 Å². The molecular formula is C14H18N4OS2. The molecule has 0 radical (unpaired) electrons. The zero-order valence-corrected chi connectivity index (χ0v) is 13.5. The molecule has 112 valence electrons. The van der Waals surface area contributed by atoms with Crippen molar-refractivity contribution in [1.82, 2.24) is 15.5 Å². The van der Waals surface area contributed by atoms with Gasteiger partial charge < -0.3 is 11.1 Å². The minimum atomic E-state index is -0.0494. The Labute approximate surface area is 132 Å². The van der Waals surface area contributed by atoms with Crippen molar-refractivity contribution in [2.24, 2.45) is 0 Å². The lowest BCUT2D eigenvalue weighted by Crippen LogP contribution is -2.26. The van der Waals surface area contributed by atoms with Gasteiger partial charge in [-0.05, 0) is 24.3 Å². The number of carbonyl (C=O) groups is 1. The molecule has 3 N–H and O–H groups in total. The van der Waals surface area contributed by atoms with Crippen molar-refractivity contribution >= 4 is 34.1 Å². The predicted molar refractivity (Wildman–Crippen MR) is 87.8 cm³/mol. The molecule has 1 heterocycles. The molecule has 0 bridgehead atoms. The van der Waals surface area contributed by atoms with Crippen LogP contribution in [0.2, 0.25) is 0 Å². The number of hydrogen-bond donors (Lipinski definition) is 2. The lowest BCUT2D eigenvalue weighted by atomic mass is 10.2. The number of nitrogens with zero attached hydrogens (tertiary/aromatic N) is 2. The van der Waals surface area contributed by atoms with Crippen LogP contribution in [0.15, 0.2) is 29.2 Å². The van der Waals surface area contributed by atoms with Gasteiger partial charge in [0.1, 0.15) is 5.01 Å². The Bertz CT molecular complexity index is 600. The monoisotopic (exact) mass is 322 g/mol. The summed E-state index contributed by atoms with van der Waals surface area (Å²) in [5.41, 5.74) is 6.25. The second-order valence-corrected chi connectivity index (χ2v) is 6.61. The highest BCUT2D eigenvalue weighted by Gasteiger charge is 2.11. The summed E-state index contributed by atoms with van der Waals surface area (Å²) in [6, 6.07) is 7.69. The molecular weight excluding hydrogens is 304 g/mol. The maximum atomic E-state index is 12.2. The van der Waals surface area contributed by atoms with E-state index in [0.717, 1.165) is 27.6 Å². The Morgan fingerprint density at radius 2 is 2.19 bits per heavy atom. The van der Waals surface area contributed by atoms with Crippen LogP contribution in [0.25, 0.3) is 0 Å². The Hall–Kier alpha value is -1.60. The molecule has 0 aliphatic heterocycles. The summed E-state index contributed by atoms with van der Waals surface area (Å²) in [6.07, 6.45) is 1.73. The Balaban J connectivity index is 1.90. The molecule has 0 aliphatic carbocycles. The van der Waals surface area contributed by atoms with Crippen LogP contribution in [0.3, 0.4) is 0 Å². The minimum Gasteiger partial charge on any atom is -0.374 e. The molecule has 0 unspecified atom stereocenters. The SMILES string of the molecule is CCCSc1ccccc1C(=O)NCCc1nnc(N)s1. The van der Waals surface area contributed by atoms with Crippen molar-refractivity contribution in [3.63, 3.8) is 0 Å². The van der Waals surface area contributed by atoms with E-state index in [4.69, 9.17) is 5.73 Å². The third kappa shape index (κ3) is 4.71. The summed E-state index contributed by atoms with van der Waals surface area (Å²) in [4.78, 5) is 13.3. The van der Waals surface area contributed by atoms with Gasteiger partial charge >= 0.3 is 0 Å². The third-order valence-electron chi connectivity index (χ3n) is 2.70. The number of carbonyl (C=O) groups excluding carboxylic acids is 1. The zero-order chi connectivity index (χ0) is 15.1. The number of hydrogen-bond acceptors (Lipinski definition) is 6. The van der Waals surface area contributed by atoms with Crippen molar-refractivity contribution < 1.29 is 4.79 Å². The van der Waals surface area contributed by atoms with Crippen molar-refractivity contribution in [2.75, 3.05) is 18.0 Å². The Morgan fingerprint density at radius 1 is 1.38 bits per heavy atom. The van der Waals surface area contributed by atoms with Crippen molar-refractivity contribution in [3.8, 4) is 0 Å². The summed E-state index contributed by atoms with van der Waals surface area (Å²) >= 11 is 3.06. The van der Waals surface area contributed by atoms with E-state index in [9.17, 15) is 4.79 Å². The van der Waals surface area contributed by atoms with Gasteiger partial charge in [-0.25, -0.2) is 0 Å². The summed E-state index contributed by atoms with van der Waals surface area (Å²) in [5.74, 6) is 0.959. The molecule has 0 aliphatic rings. The van der Waals surface area contributed by atoms with E-state index in [-0.39, 0.29) is 5.91 Å². The van der Waals surface area contributed by atoms with Crippen LogP contribution in [-0.2, 0) is 6.42 Å². The molecule has 2 rings (SSSR count). The van der Waals surface area contributed by atoms with Crippen LogP contribution >= 0.6 is 23.1 Å². The number of rotatable bonds is 7. The van der Waals surface area contributed by atoms with Gasteiger partial charge in [0.2, 0.25) is 5.13 Å². The zero-order valence-electron chi connectivity index (χ0n) is 11.8. The number of aromatic nitrogens is 2. The molecule has 0 spiro atoms. The second-order valence-electron chi connectivity index (χ2n) is 4.38. The smallest absolute Gasteiger partial charge is 0.252 e. The Morgan fingerprint density at radius 3 is 2.90 bits per heavy atom. The molecule has 0 saturated heterocycles. The average Bonchev–Trinajstić information content (AvgIpc) is 2.91. The highest BCUT2D eigenvalue weighted by molar-refractivity contribution is 7.99. The number of nitrogens with one attached hydrogen (secondary N) is 1. The van der Waals surface area contributed by atoms with Crippen molar-refractivity contribution in [1.29, 1.82) is 0 Å². The van der Waals surface area contributed by atoms with E-state index < -0.39 is 0 Å². The quantitative estimate of drug-likeness (QED) is 0.766. The summed E-state index contributed by atoms with van der Waals surface area (Å²) in [5, 5.41) is 11.9. The molecule has 5 nitrogen and oxygen atoms in total. The van der Waals surface area contributed by atoms with Gasteiger partial charge in [-0.1, -0.05) is 30.4 Å². The molecule has 7 heteroatoms. The first-order chi connectivity index (χ1) is 10.2. The standard InChI is InChI=1S/C14H18N4OS2/c1-2-9-20-11-6-4-3-5-10(11)13(19)16-8-7-12-17-18-14(15)21-12/h3-6H,2,7-9H2,1H3,(H2,15,18)(H,16,19). The first-order valence-corrected chi connectivity index (χ1v) is 8.58. The van der Waals surface area contributed by atoms with E-state index in [1.807, 2.05) is 24.3 Å². The molecule has 1 aromatic heterocycles. The summed E-state index contributed by atoms with van der Waals surface area (Å²) < 4.78 is 0. The fraction of sp³-hybridized carbons (Fsp3) is 0.357. The molecule has 2 aromatic rings. The summed E-state index contributed by atoms with van der Waals surface area (Å²) in [6.45, 7) is 2.66. The fourth-order valence-corrected chi connectivity index (χ4v) is 3.26. The van der Waals surface area contributed by atoms with Gasteiger partial charge in [-0.3, -0.25) is 4.79 Å². The first-order valence-electron chi connectivity index (χ1n) is 6.78. The molecule has 21 heavy (non-hydrogen) atoms. The van der Waals surface area contributed by atoms with Crippen LogP contribution < -0.4 is 11.1 Å². The maximum absolute atomic E-state index is 12.2. The number of anilines is 1. The van der Waals surface area contributed by atoms with Gasteiger partial charge in [0.25, 0.3) is 5.91 Å². The van der Waals surface area contributed by atoms with Gasteiger partial charge in [-0.15, -0.1) is 22.0 Å². The van der Waals surface area contributed by atoms with Crippen LogP contribution in [-0.4, -0.2) is 28.4 Å². The molecule has 0 saturated carbocycles. The van der Waals surface area contributed by atoms with Gasteiger partial charge in [0, 0.05) is 17.9 Å². The predicted octanol–water partition coefficient (Wildman–Crippen LogP) is 2.59.